The Balaban J connectivity index is 3.03. The van der Waals surface area contributed by atoms with Gasteiger partial charge in [-0.25, -0.2) is 0 Å². The third-order valence-corrected chi connectivity index (χ3v) is 1.78. The standard InChI is InChI=1S/C11H7N3/c12-3-1-2-9-4-10(7-13)6-11(5-9)8-14/h4-6H,1-2H2. The van der Waals surface area contributed by atoms with Crippen LogP contribution in [-0.4, -0.2) is 0 Å². The second-order valence-corrected chi connectivity index (χ2v) is 2.80. The maximum Gasteiger partial charge on any atom is 0.0992 e. The summed E-state index contributed by atoms with van der Waals surface area (Å²) in [4.78, 5) is 0. The molecule has 0 aromatic heterocycles. The molecule has 0 N–H and O–H groups in total. The fraction of sp³-hybridized carbons (Fsp3) is 0.182. The third kappa shape index (κ3) is 2.34. The van der Waals surface area contributed by atoms with Crippen molar-refractivity contribution in [3.63, 3.8) is 0 Å². The van der Waals surface area contributed by atoms with Crippen LogP contribution < -0.4 is 0 Å². The molecule has 0 unspecified atom stereocenters. The Hall–Kier alpha value is -2.31. The van der Waals surface area contributed by atoms with Gasteiger partial charge in [0.25, 0.3) is 0 Å². The van der Waals surface area contributed by atoms with Crippen LogP contribution in [0, 0.1) is 34.0 Å². The van der Waals surface area contributed by atoms with Crippen molar-refractivity contribution in [2.45, 2.75) is 12.8 Å². The number of rotatable bonds is 2. The van der Waals surface area contributed by atoms with Crippen LogP contribution in [-0.2, 0) is 6.42 Å². The molecular weight excluding hydrogens is 174 g/mol. The highest BCUT2D eigenvalue weighted by Gasteiger charge is 1.99. The van der Waals surface area contributed by atoms with Crippen molar-refractivity contribution in [2.24, 2.45) is 0 Å². The van der Waals surface area contributed by atoms with E-state index in [1.165, 1.54) is 6.07 Å². The molecule has 0 atom stereocenters. The Bertz CT molecular complexity index is 423. The second-order valence-electron chi connectivity index (χ2n) is 2.80. The Morgan fingerprint density at radius 1 is 0.929 bits per heavy atom. The number of hydrogen-bond acceptors (Lipinski definition) is 3. The fourth-order valence-electron chi connectivity index (χ4n) is 1.17. The van der Waals surface area contributed by atoms with Crippen molar-refractivity contribution >= 4 is 0 Å². The molecule has 3 heteroatoms. The van der Waals surface area contributed by atoms with E-state index in [0.29, 0.717) is 24.0 Å². The van der Waals surface area contributed by atoms with Crippen molar-refractivity contribution in [1.29, 1.82) is 15.8 Å². The average molecular weight is 181 g/mol. The van der Waals surface area contributed by atoms with Gasteiger partial charge in [0.2, 0.25) is 0 Å². The normalized spacial score (nSPS) is 8.36. The van der Waals surface area contributed by atoms with Crippen LogP contribution in [0.15, 0.2) is 18.2 Å². The highest BCUT2D eigenvalue weighted by molar-refractivity contribution is 5.42. The number of benzene rings is 1. The van der Waals surface area contributed by atoms with E-state index >= 15 is 0 Å². The first-order valence-corrected chi connectivity index (χ1v) is 4.11. The maximum atomic E-state index is 8.68. The van der Waals surface area contributed by atoms with Crippen LogP contribution in [0.25, 0.3) is 0 Å². The van der Waals surface area contributed by atoms with Crippen molar-refractivity contribution in [3.05, 3.63) is 34.9 Å². The van der Waals surface area contributed by atoms with Gasteiger partial charge in [-0.05, 0) is 30.2 Å². The highest BCUT2D eigenvalue weighted by Crippen LogP contribution is 2.10. The molecule has 0 fully saturated rings. The molecule has 1 rings (SSSR count). The zero-order chi connectivity index (χ0) is 10.4. The van der Waals surface area contributed by atoms with Crippen LogP contribution in [0.1, 0.15) is 23.1 Å². The SMILES string of the molecule is N#CCCc1cc(C#N)cc(C#N)c1. The van der Waals surface area contributed by atoms with Gasteiger partial charge in [-0.1, -0.05) is 0 Å². The highest BCUT2D eigenvalue weighted by atomic mass is 14.3. The number of hydrogen-bond donors (Lipinski definition) is 0. The molecule has 1 aromatic rings. The van der Waals surface area contributed by atoms with Gasteiger partial charge in [-0.15, -0.1) is 0 Å². The number of nitrogens with zero attached hydrogens (tertiary/aromatic N) is 3. The van der Waals surface area contributed by atoms with E-state index in [1.54, 1.807) is 12.1 Å². The molecule has 0 saturated carbocycles. The molecule has 0 radical (unpaired) electrons. The average Bonchev–Trinajstić information content (AvgIpc) is 2.25. The van der Waals surface area contributed by atoms with Gasteiger partial charge < -0.3 is 0 Å². The fourth-order valence-corrected chi connectivity index (χ4v) is 1.17. The molecule has 0 aliphatic rings. The molecule has 0 saturated heterocycles. The van der Waals surface area contributed by atoms with Crippen molar-refractivity contribution in [3.8, 4) is 18.2 Å². The predicted molar refractivity (Wildman–Crippen MR) is 49.8 cm³/mol. The van der Waals surface area contributed by atoms with Crippen molar-refractivity contribution in [2.75, 3.05) is 0 Å². The molecule has 0 aliphatic heterocycles. The quantitative estimate of drug-likeness (QED) is 0.699. The summed E-state index contributed by atoms with van der Waals surface area (Å²) >= 11 is 0. The minimum absolute atomic E-state index is 0.403. The van der Waals surface area contributed by atoms with Gasteiger partial charge in [-0.2, -0.15) is 15.8 Å². The zero-order valence-electron chi connectivity index (χ0n) is 7.49. The van der Waals surface area contributed by atoms with Crippen LogP contribution in [0.2, 0.25) is 0 Å². The Morgan fingerprint density at radius 2 is 1.50 bits per heavy atom. The number of nitriles is 3. The van der Waals surface area contributed by atoms with Crippen LogP contribution in [0.3, 0.4) is 0 Å². The largest absolute Gasteiger partial charge is 0.198 e. The van der Waals surface area contributed by atoms with E-state index in [1.807, 2.05) is 18.2 Å². The second kappa shape index (κ2) is 4.65. The molecule has 3 nitrogen and oxygen atoms in total. The minimum Gasteiger partial charge on any atom is -0.198 e. The van der Waals surface area contributed by atoms with E-state index in [2.05, 4.69) is 0 Å². The molecule has 66 valence electrons. The minimum atomic E-state index is 0.403. The Kier molecular flexibility index (Phi) is 3.25. The first-order valence-electron chi connectivity index (χ1n) is 4.11. The monoisotopic (exact) mass is 181 g/mol. The van der Waals surface area contributed by atoms with Gasteiger partial charge in [0, 0.05) is 6.42 Å². The Morgan fingerprint density at radius 3 is 1.93 bits per heavy atom. The van der Waals surface area contributed by atoms with Gasteiger partial charge in [0.15, 0.2) is 0 Å². The summed E-state index contributed by atoms with van der Waals surface area (Å²) in [5, 5.41) is 25.8. The molecule has 1 aromatic carbocycles. The predicted octanol–water partition coefficient (Wildman–Crippen LogP) is 1.89. The smallest absolute Gasteiger partial charge is 0.0992 e. The molecule has 0 heterocycles. The summed E-state index contributed by atoms with van der Waals surface area (Å²) in [6.45, 7) is 0. The molecule has 0 spiro atoms. The van der Waals surface area contributed by atoms with Crippen LogP contribution in [0.4, 0.5) is 0 Å². The first kappa shape index (κ1) is 9.78. The van der Waals surface area contributed by atoms with E-state index in [0.717, 1.165) is 5.56 Å². The van der Waals surface area contributed by atoms with Gasteiger partial charge in [0.05, 0.1) is 29.3 Å². The van der Waals surface area contributed by atoms with E-state index in [9.17, 15) is 0 Å². The lowest BCUT2D eigenvalue weighted by Crippen LogP contribution is -1.88. The lowest BCUT2D eigenvalue weighted by atomic mass is 10.0. The van der Waals surface area contributed by atoms with E-state index in [-0.39, 0.29) is 0 Å². The summed E-state index contributed by atoms with van der Waals surface area (Å²) in [7, 11) is 0. The van der Waals surface area contributed by atoms with Crippen molar-refractivity contribution < 1.29 is 0 Å². The molecule has 14 heavy (non-hydrogen) atoms. The number of aryl methyl sites for hydroxylation is 1. The summed E-state index contributed by atoms with van der Waals surface area (Å²) in [5.74, 6) is 0. The summed E-state index contributed by atoms with van der Waals surface area (Å²) in [6, 6.07) is 10.9. The summed E-state index contributed by atoms with van der Waals surface area (Å²) in [5.41, 5.74) is 1.80. The Labute approximate surface area is 82.4 Å². The summed E-state index contributed by atoms with van der Waals surface area (Å²) < 4.78 is 0. The van der Waals surface area contributed by atoms with Crippen LogP contribution in [0.5, 0.6) is 0 Å². The maximum absolute atomic E-state index is 8.68. The third-order valence-electron chi connectivity index (χ3n) is 1.78. The van der Waals surface area contributed by atoms with Gasteiger partial charge >= 0.3 is 0 Å². The molecule has 0 aliphatic carbocycles. The lowest BCUT2D eigenvalue weighted by Gasteiger charge is -1.98. The van der Waals surface area contributed by atoms with E-state index < -0.39 is 0 Å². The van der Waals surface area contributed by atoms with Crippen LogP contribution >= 0.6 is 0 Å². The van der Waals surface area contributed by atoms with Gasteiger partial charge in [-0.3, -0.25) is 0 Å². The van der Waals surface area contributed by atoms with Gasteiger partial charge in [0.1, 0.15) is 0 Å². The molecular formula is C11H7N3. The molecule has 0 amide bonds. The zero-order valence-corrected chi connectivity index (χ0v) is 7.49. The van der Waals surface area contributed by atoms with Crippen molar-refractivity contribution in [1.82, 2.24) is 0 Å². The van der Waals surface area contributed by atoms with E-state index in [4.69, 9.17) is 15.8 Å². The lowest BCUT2D eigenvalue weighted by molar-refractivity contribution is 1.01. The summed E-state index contributed by atoms with van der Waals surface area (Å²) in [6.07, 6.45) is 0.987. The first-order chi connectivity index (χ1) is 6.80. The molecule has 0 bridgehead atoms. The topological polar surface area (TPSA) is 71.4 Å².